The minimum absolute atomic E-state index is 0.228. The third-order valence-electron chi connectivity index (χ3n) is 5.01. The lowest BCUT2D eigenvalue weighted by Crippen LogP contribution is -2.27. The van der Waals surface area contributed by atoms with Crippen molar-refractivity contribution >= 4 is 69.2 Å². The smallest absolute Gasteiger partial charge is 0.270 e. The van der Waals surface area contributed by atoms with Crippen molar-refractivity contribution < 1.29 is 19.0 Å². The van der Waals surface area contributed by atoms with Gasteiger partial charge in [0.05, 0.1) is 29.8 Å². The Balaban J connectivity index is 1.54. The summed E-state index contributed by atoms with van der Waals surface area (Å²) in [7, 11) is 3.10. The number of rotatable bonds is 7. The van der Waals surface area contributed by atoms with E-state index in [1.54, 1.807) is 43.5 Å². The third kappa shape index (κ3) is 5.18. The van der Waals surface area contributed by atoms with Crippen molar-refractivity contribution in [2.24, 2.45) is 0 Å². The minimum Gasteiger partial charge on any atom is -0.495 e. The molecule has 5 nitrogen and oxygen atoms in total. The van der Waals surface area contributed by atoms with Gasteiger partial charge in [0.2, 0.25) is 0 Å². The molecule has 34 heavy (non-hydrogen) atoms. The van der Waals surface area contributed by atoms with E-state index in [4.69, 9.17) is 49.6 Å². The van der Waals surface area contributed by atoms with E-state index in [0.29, 0.717) is 48.8 Å². The van der Waals surface area contributed by atoms with Gasteiger partial charge in [0.15, 0.2) is 15.8 Å². The summed E-state index contributed by atoms with van der Waals surface area (Å²) in [5.41, 5.74) is 2.23. The SMILES string of the molecule is COc1ccc(N2C(=O)C(=Cc3ccc(OCc4ccccc4Cl)c(OC)c3)SC2=S)cc1Cl. The number of hydrogen-bond donors (Lipinski definition) is 0. The van der Waals surface area contributed by atoms with Crippen molar-refractivity contribution in [3.8, 4) is 17.2 Å². The number of thioether (sulfide) groups is 1. The molecule has 1 heterocycles. The molecule has 4 rings (SSSR count). The fraction of sp³-hybridized carbons (Fsp3) is 0.120. The maximum absolute atomic E-state index is 13.1. The number of carbonyl (C=O) groups excluding carboxylic acids is 1. The average Bonchev–Trinajstić information content (AvgIpc) is 3.11. The molecule has 1 amide bonds. The van der Waals surface area contributed by atoms with E-state index < -0.39 is 0 Å². The fourth-order valence-electron chi connectivity index (χ4n) is 3.30. The third-order valence-corrected chi connectivity index (χ3v) is 6.98. The number of hydrogen-bond acceptors (Lipinski definition) is 6. The van der Waals surface area contributed by atoms with E-state index in [-0.39, 0.29) is 5.91 Å². The monoisotopic (exact) mass is 531 g/mol. The zero-order valence-electron chi connectivity index (χ0n) is 18.2. The Morgan fingerprint density at radius 1 is 0.941 bits per heavy atom. The summed E-state index contributed by atoms with van der Waals surface area (Å²) < 4.78 is 17.0. The second kappa shape index (κ2) is 10.7. The molecule has 0 spiro atoms. The van der Waals surface area contributed by atoms with Crippen LogP contribution in [-0.4, -0.2) is 24.4 Å². The first-order valence-electron chi connectivity index (χ1n) is 10.1. The van der Waals surface area contributed by atoms with Crippen LogP contribution in [0.1, 0.15) is 11.1 Å². The zero-order chi connectivity index (χ0) is 24.2. The van der Waals surface area contributed by atoms with Gasteiger partial charge in [0.1, 0.15) is 12.4 Å². The van der Waals surface area contributed by atoms with Gasteiger partial charge in [0.25, 0.3) is 5.91 Å². The number of halogens is 2. The van der Waals surface area contributed by atoms with Crippen molar-refractivity contribution in [1.82, 2.24) is 0 Å². The molecule has 1 aliphatic heterocycles. The topological polar surface area (TPSA) is 48.0 Å². The molecule has 0 saturated carbocycles. The number of nitrogens with zero attached hydrogens (tertiary/aromatic N) is 1. The summed E-state index contributed by atoms with van der Waals surface area (Å²) in [6.07, 6.45) is 1.77. The highest BCUT2D eigenvalue weighted by atomic mass is 35.5. The van der Waals surface area contributed by atoms with E-state index in [0.717, 1.165) is 11.1 Å². The molecule has 9 heteroatoms. The Bertz CT molecular complexity index is 1300. The number of carbonyl (C=O) groups is 1. The van der Waals surface area contributed by atoms with Gasteiger partial charge in [-0.15, -0.1) is 0 Å². The molecule has 0 aromatic heterocycles. The van der Waals surface area contributed by atoms with E-state index >= 15 is 0 Å². The van der Waals surface area contributed by atoms with Gasteiger partial charge in [-0.1, -0.05) is 71.4 Å². The Labute approximate surface area is 217 Å². The van der Waals surface area contributed by atoms with Crippen LogP contribution in [0.3, 0.4) is 0 Å². The van der Waals surface area contributed by atoms with Gasteiger partial charge in [-0.05, 0) is 48.0 Å². The van der Waals surface area contributed by atoms with Crippen LogP contribution in [0.5, 0.6) is 17.2 Å². The second-order valence-electron chi connectivity index (χ2n) is 7.13. The highest BCUT2D eigenvalue weighted by Gasteiger charge is 2.33. The van der Waals surface area contributed by atoms with Gasteiger partial charge in [-0.2, -0.15) is 0 Å². The van der Waals surface area contributed by atoms with E-state index in [1.807, 2.05) is 30.3 Å². The van der Waals surface area contributed by atoms with Crippen LogP contribution in [0.4, 0.5) is 5.69 Å². The number of thiocarbonyl (C=S) groups is 1. The van der Waals surface area contributed by atoms with Crippen molar-refractivity contribution in [3.05, 3.63) is 86.7 Å². The largest absolute Gasteiger partial charge is 0.495 e. The Morgan fingerprint density at radius 3 is 2.38 bits per heavy atom. The first-order chi connectivity index (χ1) is 16.4. The molecule has 174 valence electrons. The molecule has 1 fully saturated rings. The molecular formula is C25H19Cl2NO4S2. The molecule has 0 aliphatic carbocycles. The summed E-state index contributed by atoms with van der Waals surface area (Å²) in [4.78, 5) is 15.0. The molecule has 3 aromatic rings. The highest BCUT2D eigenvalue weighted by Crippen LogP contribution is 2.39. The molecule has 0 N–H and O–H groups in total. The standard InChI is InChI=1S/C25H19Cl2NO4S2/c1-30-20-10-8-17(13-19(20)27)28-24(29)23(34-25(28)33)12-15-7-9-21(22(11-15)31-2)32-14-16-5-3-4-6-18(16)26/h3-13H,14H2,1-2H3. The molecule has 3 aromatic carbocycles. The summed E-state index contributed by atoms with van der Waals surface area (Å²) in [6.45, 7) is 0.304. The van der Waals surface area contributed by atoms with Gasteiger partial charge in [-0.3, -0.25) is 9.69 Å². The predicted molar refractivity (Wildman–Crippen MR) is 142 cm³/mol. The number of methoxy groups -OCH3 is 2. The van der Waals surface area contributed by atoms with E-state index in [9.17, 15) is 4.79 Å². The summed E-state index contributed by atoms with van der Waals surface area (Å²) in [5, 5.41) is 1.04. The Morgan fingerprint density at radius 2 is 1.68 bits per heavy atom. The molecule has 1 aliphatic rings. The maximum Gasteiger partial charge on any atom is 0.270 e. The van der Waals surface area contributed by atoms with Crippen LogP contribution >= 0.6 is 47.2 Å². The number of anilines is 1. The molecule has 0 radical (unpaired) electrons. The Hall–Kier alpha value is -2.71. The van der Waals surface area contributed by atoms with Gasteiger partial charge < -0.3 is 14.2 Å². The zero-order valence-corrected chi connectivity index (χ0v) is 21.4. The van der Waals surface area contributed by atoms with Gasteiger partial charge in [0, 0.05) is 10.6 Å². The molecule has 0 bridgehead atoms. The lowest BCUT2D eigenvalue weighted by atomic mass is 10.1. The quantitative estimate of drug-likeness (QED) is 0.241. The van der Waals surface area contributed by atoms with Crippen molar-refractivity contribution in [3.63, 3.8) is 0 Å². The number of benzene rings is 3. The van der Waals surface area contributed by atoms with Gasteiger partial charge in [-0.25, -0.2) is 0 Å². The van der Waals surface area contributed by atoms with E-state index in [1.165, 1.54) is 23.8 Å². The van der Waals surface area contributed by atoms with Crippen molar-refractivity contribution in [1.29, 1.82) is 0 Å². The summed E-state index contributed by atoms with van der Waals surface area (Å²) in [6, 6.07) is 18.0. The maximum atomic E-state index is 13.1. The average molecular weight is 532 g/mol. The lowest BCUT2D eigenvalue weighted by Gasteiger charge is -2.15. The van der Waals surface area contributed by atoms with Gasteiger partial charge >= 0.3 is 0 Å². The fourth-order valence-corrected chi connectivity index (χ4v) is 5.04. The van der Waals surface area contributed by atoms with Crippen LogP contribution in [-0.2, 0) is 11.4 Å². The first-order valence-corrected chi connectivity index (χ1v) is 12.0. The molecule has 1 saturated heterocycles. The minimum atomic E-state index is -0.228. The number of ether oxygens (including phenoxy) is 3. The molecular weight excluding hydrogens is 513 g/mol. The lowest BCUT2D eigenvalue weighted by molar-refractivity contribution is -0.113. The van der Waals surface area contributed by atoms with Crippen LogP contribution in [0.25, 0.3) is 6.08 Å². The molecule has 0 unspecified atom stereocenters. The van der Waals surface area contributed by atoms with Crippen LogP contribution in [0.15, 0.2) is 65.6 Å². The highest BCUT2D eigenvalue weighted by molar-refractivity contribution is 8.27. The van der Waals surface area contributed by atoms with Crippen LogP contribution < -0.4 is 19.1 Å². The van der Waals surface area contributed by atoms with Crippen molar-refractivity contribution in [2.75, 3.05) is 19.1 Å². The first kappa shape index (κ1) is 24.4. The Kier molecular flexibility index (Phi) is 7.68. The predicted octanol–water partition coefficient (Wildman–Crippen LogP) is 7.00. The van der Waals surface area contributed by atoms with Crippen LogP contribution in [0.2, 0.25) is 10.0 Å². The van der Waals surface area contributed by atoms with Crippen LogP contribution in [0, 0.1) is 0 Å². The van der Waals surface area contributed by atoms with Crippen molar-refractivity contribution in [2.45, 2.75) is 6.61 Å². The number of amides is 1. The normalized spacial score (nSPS) is 14.6. The molecule has 0 atom stereocenters. The second-order valence-corrected chi connectivity index (χ2v) is 9.62. The summed E-state index contributed by atoms with van der Waals surface area (Å²) in [5.74, 6) is 1.41. The van der Waals surface area contributed by atoms with E-state index in [2.05, 4.69) is 0 Å². The summed E-state index contributed by atoms with van der Waals surface area (Å²) >= 11 is 19.1.